The molecule has 0 aromatic rings. The number of hydrogen-bond acceptors (Lipinski definition) is 3. The third-order valence-electron chi connectivity index (χ3n) is 5.59. The Balaban J connectivity index is 2.79. The van der Waals surface area contributed by atoms with Gasteiger partial charge in [-0.25, -0.2) is 0 Å². The molecule has 4 heteroatoms. The zero-order valence-corrected chi connectivity index (χ0v) is 16.1. The van der Waals surface area contributed by atoms with Crippen molar-refractivity contribution in [1.82, 2.24) is 0 Å². The van der Waals surface area contributed by atoms with E-state index in [0.717, 1.165) is 38.5 Å². The lowest BCUT2D eigenvalue weighted by molar-refractivity contribution is -0.146. The smallest absolute Gasteiger partial charge is 0.306 e. The fraction of sp³-hybridized carbons (Fsp3) is 0.810. The van der Waals surface area contributed by atoms with Gasteiger partial charge in [0.2, 0.25) is 0 Å². The summed E-state index contributed by atoms with van der Waals surface area (Å²) in [5.41, 5.74) is 0. The molecule has 1 saturated carbocycles. The molecule has 0 saturated heterocycles. The second kappa shape index (κ2) is 11.5. The molecule has 0 amide bonds. The fourth-order valence-corrected chi connectivity index (χ4v) is 4.13. The molecule has 1 aliphatic carbocycles. The van der Waals surface area contributed by atoms with Crippen LogP contribution >= 0.6 is 0 Å². The van der Waals surface area contributed by atoms with E-state index >= 15 is 0 Å². The maximum absolute atomic E-state index is 12.0. The van der Waals surface area contributed by atoms with Gasteiger partial charge in [0.25, 0.3) is 0 Å². The van der Waals surface area contributed by atoms with Gasteiger partial charge in [-0.2, -0.15) is 0 Å². The molecule has 0 spiro atoms. The second-order valence-corrected chi connectivity index (χ2v) is 7.66. The highest BCUT2D eigenvalue weighted by Crippen LogP contribution is 2.44. The monoisotopic (exact) mass is 352 g/mol. The van der Waals surface area contributed by atoms with Crippen molar-refractivity contribution in [3.63, 3.8) is 0 Å². The van der Waals surface area contributed by atoms with Gasteiger partial charge >= 0.3 is 5.97 Å². The zero-order valence-electron chi connectivity index (χ0n) is 16.1. The Kier molecular flexibility index (Phi) is 10.0. The Morgan fingerprint density at radius 2 is 1.76 bits per heavy atom. The van der Waals surface area contributed by atoms with Gasteiger partial charge in [0.15, 0.2) is 5.78 Å². The van der Waals surface area contributed by atoms with Gasteiger partial charge < -0.3 is 10.2 Å². The summed E-state index contributed by atoms with van der Waals surface area (Å²) in [6.45, 7) is 6.25. The lowest BCUT2D eigenvalue weighted by Gasteiger charge is -2.27. The standard InChI is InChI=1S/C21H36O4/c1-4-6-8-10-16(22)12-13-17-15(3)14-19(23)20(17)18(21(24)25)11-9-7-5-2/h12-13,15,17-20,23H,4-11,14H2,1-3H3,(H,24,25)/t15-,17+,18?,19+,20-/m1/s1. The lowest BCUT2D eigenvalue weighted by atomic mass is 9.78. The predicted molar refractivity (Wildman–Crippen MR) is 100 cm³/mol. The summed E-state index contributed by atoms with van der Waals surface area (Å²) in [6, 6.07) is 0. The summed E-state index contributed by atoms with van der Waals surface area (Å²) in [4.78, 5) is 23.8. The summed E-state index contributed by atoms with van der Waals surface area (Å²) in [7, 11) is 0. The van der Waals surface area contributed by atoms with Crippen LogP contribution in [-0.2, 0) is 9.59 Å². The van der Waals surface area contributed by atoms with Crippen molar-refractivity contribution >= 4 is 11.8 Å². The average Bonchev–Trinajstić information content (AvgIpc) is 2.83. The maximum Gasteiger partial charge on any atom is 0.306 e. The Morgan fingerprint density at radius 1 is 1.12 bits per heavy atom. The molecule has 2 N–H and O–H groups in total. The van der Waals surface area contributed by atoms with Gasteiger partial charge in [0.05, 0.1) is 12.0 Å². The van der Waals surface area contributed by atoms with Crippen LogP contribution in [0.1, 0.15) is 78.6 Å². The molecule has 144 valence electrons. The topological polar surface area (TPSA) is 74.6 Å². The highest BCUT2D eigenvalue weighted by atomic mass is 16.4. The zero-order chi connectivity index (χ0) is 18.8. The third-order valence-corrected chi connectivity index (χ3v) is 5.59. The molecular formula is C21H36O4. The van der Waals surface area contributed by atoms with Gasteiger partial charge in [0.1, 0.15) is 0 Å². The molecule has 0 radical (unpaired) electrons. The Hall–Kier alpha value is -1.16. The van der Waals surface area contributed by atoms with E-state index in [9.17, 15) is 19.8 Å². The number of allylic oxidation sites excluding steroid dienone is 2. The molecule has 4 nitrogen and oxygen atoms in total. The largest absolute Gasteiger partial charge is 0.481 e. The van der Waals surface area contributed by atoms with Crippen molar-refractivity contribution in [3.05, 3.63) is 12.2 Å². The summed E-state index contributed by atoms with van der Waals surface area (Å²) in [5, 5.41) is 20.1. The minimum atomic E-state index is -0.818. The van der Waals surface area contributed by atoms with Crippen molar-refractivity contribution in [2.75, 3.05) is 0 Å². The van der Waals surface area contributed by atoms with Crippen molar-refractivity contribution in [2.24, 2.45) is 23.7 Å². The Morgan fingerprint density at radius 3 is 2.36 bits per heavy atom. The van der Waals surface area contributed by atoms with Crippen LogP contribution in [0.4, 0.5) is 0 Å². The normalized spacial score (nSPS) is 27.7. The molecule has 1 unspecified atom stereocenters. The molecule has 0 aromatic carbocycles. The van der Waals surface area contributed by atoms with E-state index in [2.05, 4.69) is 13.8 Å². The molecule has 0 bridgehead atoms. The molecular weight excluding hydrogens is 316 g/mol. The van der Waals surface area contributed by atoms with E-state index < -0.39 is 18.0 Å². The molecule has 0 heterocycles. The molecule has 5 atom stereocenters. The second-order valence-electron chi connectivity index (χ2n) is 7.66. The van der Waals surface area contributed by atoms with Crippen molar-refractivity contribution < 1.29 is 19.8 Å². The van der Waals surface area contributed by atoms with Crippen LogP contribution in [0.25, 0.3) is 0 Å². The first-order valence-corrected chi connectivity index (χ1v) is 10.0. The van der Waals surface area contributed by atoms with E-state index in [1.165, 1.54) is 0 Å². The number of aliphatic carboxylic acids is 1. The fourth-order valence-electron chi connectivity index (χ4n) is 4.13. The summed E-state index contributed by atoms with van der Waals surface area (Å²) in [6.07, 6.45) is 10.7. The number of carboxylic acid groups (broad SMARTS) is 1. The molecule has 1 rings (SSSR count). The highest BCUT2D eigenvalue weighted by molar-refractivity contribution is 5.89. The summed E-state index contributed by atoms with van der Waals surface area (Å²) in [5.74, 6) is -1.36. The van der Waals surface area contributed by atoms with E-state index in [1.54, 1.807) is 6.08 Å². The van der Waals surface area contributed by atoms with Crippen molar-refractivity contribution in [3.8, 4) is 0 Å². The average molecular weight is 353 g/mol. The number of ketones is 1. The molecule has 1 fully saturated rings. The number of aliphatic hydroxyl groups is 1. The number of rotatable bonds is 12. The van der Waals surface area contributed by atoms with Gasteiger partial charge in [-0.3, -0.25) is 9.59 Å². The van der Waals surface area contributed by atoms with Crippen LogP contribution in [0.2, 0.25) is 0 Å². The predicted octanol–water partition coefficient (Wildman–Crippen LogP) is 4.61. The molecule has 1 aliphatic rings. The van der Waals surface area contributed by atoms with Crippen LogP contribution in [0.3, 0.4) is 0 Å². The minimum absolute atomic E-state index is 0.0344. The maximum atomic E-state index is 12.0. The third kappa shape index (κ3) is 6.93. The first-order chi connectivity index (χ1) is 11.9. The first-order valence-electron chi connectivity index (χ1n) is 10.0. The molecule has 0 aromatic heterocycles. The van der Waals surface area contributed by atoms with Crippen molar-refractivity contribution in [1.29, 1.82) is 0 Å². The van der Waals surface area contributed by atoms with E-state index in [-0.39, 0.29) is 23.5 Å². The number of carboxylic acids is 1. The number of unbranched alkanes of at least 4 members (excludes halogenated alkanes) is 4. The van der Waals surface area contributed by atoms with Crippen LogP contribution < -0.4 is 0 Å². The number of carbonyl (C=O) groups excluding carboxylic acids is 1. The molecule has 25 heavy (non-hydrogen) atoms. The van der Waals surface area contributed by atoms with Gasteiger partial charge in [-0.15, -0.1) is 0 Å². The van der Waals surface area contributed by atoms with Gasteiger partial charge in [0, 0.05) is 12.3 Å². The van der Waals surface area contributed by atoms with Crippen LogP contribution in [0.15, 0.2) is 12.2 Å². The van der Waals surface area contributed by atoms with Crippen LogP contribution in [0, 0.1) is 23.7 Å². The highest BCUT2D eigenvalue weighted by Gasteiger charge is 2.45. The number of hydrogen-bond donors (Lipinski definition) is 2. The number of carbonyl (C=O) groups is 2. The van der Waals surface area contributed by atoms with E-state index in [4.69, 9.17) is 0 Å². The van der Waals surface area contributed by atoms with E-state index in [1.807, 2.05) is 13.0 Å². The van der Waals surface area contributed by atoms with Crippen LogP contribution in [-0.4, -0.2) is 28.1 Å². The number of aliphatic hydroxyl groups excluding tert-OH is 1. The van der Waals surface area contributed by atoms with Crippen LogP contribution in [0.5, 0.6) is 0 Å². The van der Waals surface area contributed by atoms with Gasteiger partial charge in [-0.05, 0) is 37.2 Å². The SMILES string of the molecule is CCCCCC(=O)C=C[C@@H]1[C@H](C(CCCCC)C(=O)O)[C@@H](O)C[C@H]1C. The first kappa shape index (κ1) is 21.9. The summed E-state index contributed by atoms with van der Waals surface area (Å²) >= 11 is 0. The Bertz CT molecular complexity index is 443. The van der Waals surface area contributed by atoms with Crippen molar-refractivity contribution in [2.45, 2.75) is 84.7 Å². The minimum Gasteiger partial charge on any atom is -0.481 e. The molecule has 0 aliphatic heterocycles. The summed E-state index contributed by atoms with van der Waals surface area (Å²) < 4.78 is 0. The lowest BCUT2D eigenvalue weighted by Crippen LogP contribution is -2.33. The van der Waals surface area contributed by atoms with Gasteiger partial charge in [-0.1, -0.05) is 59.0 Å². The Labute approximate surface area is 152 Å². The quantitative estimate of drug-likeness (QED) is 0.397. The van der Waals surface area contributed by atoms with E-state index in [0.29, 0.717) is 19.3 Å².